The Morgan fingerprint density at radius 2 is 1.96 bits per heavy atom. The molecule has 2 rings (SSSR count). The molecule has 0 aliphatic carbocycles. The molecule has 2 amide bonds. The number of rotatable bonds is 5. The first-order valence-electron chi connectivity index (χ1n) is 7.56. The van der Waals surface area contributed by atoms with E-state index in [1.54, 1.807) is 17.0 Å². The number of hydrogen-bond donors (Lipinski definition) is 1. The van der Waals surface area contributed by atoms with E-state index in [2.05, 4.69) is 5.32 Å². The average molecular weight is 325 g/mol. The highest BCUT2D eigenvalue weighted by Gasteiger charge is 2.28. The number of nitrogens with zero attached hydrogens (tertiary/aromatic N) is 2. The highest BCUT2D eigenvalue weighted by Crippen LogP contribution is 2.12. The lowest BCUT2D eigenvalue weighted by Crippen LogP contribution is -2.56. The number of likely N-dealkylation sites (N-methyl/N-ethyl adjacent to an activating group) is 1. The molecule has 1 aromatic carbocycles. The molecule has 1 atom stereocenters. The molecule has 1 heterocycles. The Hall–Kier alpha value is -2.02. The smallest absolute Gasteiger partial charge is 0.253 e. The molecule has 0 aromatic heterocycles. The largest absolute Gasteiger partial charge is 0.354 e. The summed E-state index contributed by atoms with van der Waals surface area (Å²) >= 11 is 0. The van der Waals surface area contributed by atoms with Gasteiger partial charge in [0, 0.05) is 37.8 Å². The van der Waals surface area contributed by atoms with Crippen molar-refractivity contribution in [1.29, 1.82) is 0 Å². The fraction of sp³-hybridized carbons (Fsp3) is 0.500. The molecule has 1 N–H and O–H groups in total. The Kier molecular flexibility index (Phi) is 6.04. The van der Waals surface area contributed by atoms with Crippen LogP contribution in [-0.2, 0) is 4.79 Å². The van der Waals surface area contributed by atoms with E-state index in [1.165, 1.54) is 0 Å². The molecule has 1 aromatic rings. The van der Waals surface area contributed by atoms with Gasteiger partial charge in [-0.3, -0.25) is 14.5 Å². The Balaban J connectivity index is 1.91. The maximum Gasteiger partial charge on any atom is 0.253 e. The van der Waals surface area contributed by atoms with Crippen molar-refractivity contribution in [3.63, 3.8) is 0 Å². The molecule has 23 heavy (non-hydrogen) atoms. The molecule has 0 bridgehead atoms. The third-order valence-corrected chi connectivity index (χ3v) is 3.96. The maximum absolute atomic E-state index is 12.5. The van der Waals surface area contributed by atoms with Gasteiger partial charge in [0.05, 0.1) is 6.42 Å². The Morgan fingerprint density at radius 1 is 1.26 bits per heavy atom. The number of benzene rings is 1. The molecule has 126 valence electrons. The van der Waals surface area contributed by atoms with Gasteiger partial charge in [0.1, 0.15) is 0 Å². The molecular formula is C16H21F2N3O2. The summed E-state index contributed by atoms with van der Waals surface area (Å²) in [7, 11) is 1.90. The molecule has 1 unspecified atom stereocenters. The lowest BCUT2D eigenvalue weighted by Gasteiger charge is -2.39. The second kappa shape index (κ2) is 8.01. The van der Waals surface area contributed by atoms with Crippen LogP contribution < -0.4 is 5.32 Å². The molecule has 0 spiro atoms. The first-order valence-corrected chi connectivity index (χ1v) is 7.56. The lowest BCUT2D eigenvalue weighted by atomic mass is 10.1. The molecule has 7 heteroatoms. The van der Waals surface area contributed by atoms with E-state index in [0.717, 1.165) is 0 Å². The molecule has 1 aliphatic heterocycles. The van der Waals surface area contributed by atoms with E-state index in [-0.39, 0.29) is 18.5 Å². The number of amides is 2. The van der Waals surface area contributed by atoms with Gasteiger partial charge in [-0.15, -0.1) is 0 Å². The van der Waals surface area contributed by atoms with Crippen molar-refractivity contribution in [3.8, 4) is 0 Å². The molecular weight excluding hydrogens is 304 g/mol. The Morgan fingerprint density at radius 3 is 2.61 bits per heavy atom. The zero-order valence-corrected chi connectivity index (χ0v) is 13.0. The van der Waals surface area contributed by atoms with E-state index < -0.39 is 18.8 Å². The van der Waals surface area contributed by atoms with Gasteiger partial charge in [-0.25, -0.2) is 8.78 Å². The minimum atomic E-state index is -2.64. The summed E-state index contributed by atoms with van der Waals surface area (Å²) < 4.78 is 24.3. The van der Waals surface area contributed by atoms with Crippen LogP contribution in [0.1, 0.15) is 16.8 Å². The number of halogens is 2. The highest BCUT2D eigenvalue weighted by molar-refractivity contribution is 5.94. The van der Waals surface area contributed by atoms with E-state index in [4.69, 9.17) is 0 Å². The molecule has 5 nitrogen and oxygen atoms in total. The van der Waals surface area contributed by atoms with Gasteiger partial charge in [-0.1, -0.05) is 18.2 Å². The van der Waals surface area contributed by atoms with Gasteiger partial charge in [-0.05, 0) is 19.2 Å². The Labute approximate surface area is 134 Å². The summed E-state index contributed by atoms with van der Waals surface area (Å²) in [5, 5.41) is 2.51. The van der Waals surface area contributed by atoms with Crippen molar-refractivity contribution in [2.24, 2.45) is 0 Å². The summed E-state index contributed by atoms with van der Waals surface area (Å²) in [6, 6.07) is 8.91. The summed E-state index contributed by atoms with van der Waals surface area (Å²) in [4.78, 5) is 27.6. The predicted octanol–water partition coefficient (Wildman–Crippen LogP) is 1.21. The van der Waals surface area contributed by atoms with Crippen LogP contribution in [0.3, 0.4) is 0 Å². The Bertz CT molecular complexity index is 539. The van der Waals surface area contributed by atoms with Crippen molar-refractivity contribution in [3.05, 3.63) is 35.9 Å². The molecule has 0 saturated carbocycles. The van der Waals surface area contributed by atoms with Crippen LogP contribution in [0.5, 0.6) is 0 Å². The van der Waals surface area contributed by atoms with E-state index >= 15 is 0 Å². The zero-order valence-electron chi connectivity index (χ0n) is 13.0. The number of piperazine rings is 1. The van der Waals surface area contributed by atoms with Gasteiger partial charge < -0.3 is 10.2 Å². The van der Waals surface area contributed by atoms with Crippen LogP contribution in [0.2, 0.25) is 0 Å². The average Bonchev–Trinajstić information content (AvgIpc) is 2.53. The van der Waals surface area contributed by atoms with Crippen LogP contribution in [0, 0.1) is 0 Å². The lowest BCUT2D eigenvalue weighted by molar-refractivity contribution is -0.123. The number of alkyl halides is 2. The van der Waals surface area contributed by atoms with Crippen molar-refractivity contribution >= 4 is 11.8 Å². The van der Waals surface area contributed by atoms with E-state index in [0.29, 0.717) is 25.2 Å². The van der Waals surface area contributed by atoms with Crippen molar-refractivity contribution in [2.75, 3.05) is 33.2 Å². The summed E-state index contributed by atoms with van der Waals surface area (Å²) in [6.07, 6.45) is -3.43. The third-order valence-electron chi connectivity index (χ3n) is 3.96. The van der Waals surface area contributed by atoms with Crippen LogP contribution in [-0.4, -0.2) is 67.3 Å². The number of carbonyl (C=O) groups excluding carboxylic acids is 2. The molecule has 1 fully saturated rings. The molecule has 0 radical (unpaired) electrons. The minimum absolute atomic E-state index is 0.0531. The highest BCUT2D eigenvalue weighted by atomic mass is 19.3. The SMILES string of the molecule is CN1CCN(C(=O)c2ccccc2)CC1CNC(=O)CC(F)F. The molecule has 1 aliphatic rings. The monoisotopic (exact) mass is 325 g/mol. The van der Waals surface area contributed by atoms with Crippen molar-refractivity contribution < 1.29 is 18.4 Å². The minimum Gasteiger partial charge on any atom is -0.354 e. The first kappa shape index (κ1) is 17.3. The standard InChI is InChI=1S/C16H21F2N3O2/c1-20-7-8-21(16(23)12-5-3-2-4-6-12)11-13(20)10-19-15(22)9-14(17)18/h2-6,13-14H,7-11H2,1H3,(H,19,22). The molecule has 1 saturated heterocycles. The van der Waals surface area contributed by atoms with E-state index in [1.807, 2.05) is 30.1 Å². The summed E-state index contributed by atoms with van der Waals surface area (Å²) in [6.45, 7) is 1.99. The number of carbonyl (C=O) groups is 2. The quantitative estimate of drug-likeness (QED) is 0.885. The second-order valence-corrected chi connectivity index (χ2v) is 5.65. The zero-order chi connectivity index (χ0) is 16.8. The summed E-state index contributed by atoms with van der Waals surface area (Å²) in [5.74, 6) is -0.720. The van der Waals surface area contributed by atoms with Gasteiger partial charge >= 0.3 is 0 Å². The first-order chi connectivity index (χ1) is 11.0. The van der Waals surface area contributed by atoms with Crippen molar-refractivity contribution in [2.45, 2.75) is 18.9 Å². The van der Waals surface area contributed by atoms with Crippen molar-refractivity contribution in [1.82, 2.24) is 15.1 Å². The van der Waals surface area contributed by atoms with Crippen LogP contribution in [0.25, 0.3) is 0 Å². The summed E-state index contributed by atoms with van der Waals surface area (Å²) in [5.41, 5.74) is 0.623. The maximum atomic E-state index is 12.5. The second-order valence-electron chi connectivity index (χ2n) is 5.65. The topological polar surface area (TPSA) is 52.6 Å². The number of hydrogen-bond acceptors (Lipinski definition) is 3. The van der Waals surface area contributed by atoms with E-state index in [9.17, 15) is 18.4 Å². The fourth-order valence-electron chi connectivity index (χ4n) is 2.56. The van der Waals surface area contributed by atoms with Gasteiger partial charge in [0.15, 0.2) is 0 Å². The predicted molar refractivity (Wildman–Crippen MR) is 82.4 cm³/mol. The van der Waals surface area contributed by atoms with Crippen LogP contribution in [0.4, 0.5) is 8.78 Å². The van der Waals surface area contributed by atoms with Crippen LogP contribution >= 0.6 is 0 Å². The number of nitrogens with one attached hydrogen (secondary N) is 1. The van der Waals surface area contributed by atoms with Gasteiger partial charge in [-0.2, -0.15) is 0 Å². The fourth-order valence-corrected chi connectivity index (χ4v) is 2.56. The van der Waals surface area contributed by atoms with Gasteiger partial charge in [0.25, 0.3) is 5.91 Å². The normalized spacial score (nSPS) is 19.0. The van der Waals surface area contributed by atoms with Gasteiger partial charge in [0.2, 0.25) is 12.3 Å². The van der Waals surface area contributed by atoms with Crippen LogP contribution in [0.15, 0.2) is 30.3 Å². The third kappa shape index (κ3) is 4.99.